The molecule has 1 aliphatic carbocycles. The summed E-state index contributed by atoms with van der Waals surface area (Å²) in [5, 5.41) is 12.1. The molecule has 0 spiro atoms. The third-order valence-electron chi connectivity index (χ3n) is 3.20. The van der Waals surface area contributed by atoms with E-state index in [4.69, 9.17) is 5.11 Å². The van der Waals surface area contributed by atoms with Crippen molar-refractivity contribution in [2.24, 2.45) is 11.8 Å². The summed E-state index contributed by atoms with van der Waals surface area (Å²) in [5.74, 6) is 1.71. The van der Waals surface area contributed by atoms with Gasteiger partial charge < -0.3 is 10.4 Å². The van der Waals surface area contributed by atoms with E-state index in [2.05, 4.69) is 19.2 Å². The molecule has 2 nitrogen and oxygen atoms in total. The molecule has 78 valence electrons. The van der Waals surface area contributed by atoms with Crippen LogP contribution in [0.15, 0.2) is 0 Å². The van der Waals surface area contributed by atoms with Crippen molar-refractivity contribution in [1.82, 2.24) is 5.32 Å². The second kappa shape index (κ2) is 5.61. The molecule has 0 radical (unpaired) electrons. The molecule has 0 aliphatic heterocycles. The van der Waals surface area contributed by atoms with Crippen molar-refractivity contribution in [1.29, 1.82) is 0 Å². The predicted molar refractivity (Wildman–Crippen MR) is 55.7 cm³/mol. The second-order valence-corrected chi connectivity index (χ2v) is 4.55. The fraction of sp³-hybridized carbons (Fsp3) is 1.00. The van der Waals surface area contributed by atoms with E-state index in [0.29, 0.717) is 6.04 Å². The summed E-state index contributed by atoms with van der Waals surface area (Å²) in [6, 6.07) is 0.660. The smallest absolute Gasteiger partial charge is 0.0556 e. The summed E-state index contributed by atoms with van der Waals surface area (Å²) >= 11 is 0. The number of hydrogen-bond donors (Lipinski definition) is 2. The SMILES string of the molecule is CC(C)[C@H]1CCC[C@H](NCCO)C1. The van der Waals surface area contributed by atoms with Crippen LogP contribution in [-0.2, 0) is 0 Å². The van der Waals surface area contributed by atoms with E-state index in [0.717, 1.165) is 18.4 Å². The van der Waals surface area contributed by atoms with Crippen LogP contribution >= 0.6 is 0 Å². The lowest BCUT2D eigenvalue weighted by molar-refractivity contribution is 0.217. The van der Waals surface area contributed by atoms with E-state index < -0.39 is 0 Å². The minimum absolute atomic E-state index is 0.267. The van der Waals surface area contributed by atoms with Gasteiger partial charge in [-0.1, -0.05) is 26.7 Å². The molecule has 1 saturated carbocycles. The summed E-state index contributed by atoms with van der Waals surface area (Å²) in [6.45, 7) is 5.66. The Bertz CT molecular complexity index is 136. The summed E-state index contributed by atoms with van der Waals surface area (Å²) < 4.78 is 0. The minimum Gasteiger partial charge on any atom is -0.395 e. The molecule has 1 fully saturated rings. The van der Waals surface area contributed by atoms with Crippen LogP contribution in [0.3, 0.4) is 0 Å². The van der Waals surface area contributed by atoms with Crippen molar-refractivity contribution in [2.45, 2.75) is 45.6 Å². The van der Waals surface area contributed by atoms with Gasteiger partial charge in [0.15, 0.2) is 0 Å². The van der Waals surface area contributed by atoms with Gasteiger partial charge in [0.25, 0.3) is 0 Å². The molecule has 0 unspecified atom stereocenters. The molecule has 2 N–H and O–H groups in total. The monoisotopic (exact) mass is 185 g/mol. The van der Waals surface area contributed by atoms with Gasteiger partial charge in [-0.25, -0.2) is 0 Å². The summed E-state index contributed by atoms with van der Waals surface area (Å²) in [6.07, 6.45) is 5.35. The standard InChI is InChI=1S/C11H23NO/c1-9(2)10-4-3-5-11(8-10)12-6-7-13/h9-13H,3-8H2,1-2H3/t10-,11-/m0/s1. The molecule has 0 amide bonds. The predicted octanol–water partition coefficient (Wildman–Crippen LogP) is 1.78. The van der Waals surface area contributed by atoms with Gasteiger partial charge in [-0.05, 0) is 24.7 Å². The highest BCUT2D eigenvalue weighted by Crippen LogP contribution is 2.29. The highest BCUT2D eigenvalue weighted by atomic mass is 16.3. The molecular weight excluding hydrogens is 162 g/mol. The van der Waals surface area contributed by atoms with Crippen LogP contribution in [0.4, 0.5) is 0 Å². The fourth-order valence-corrected chi connectivity index (χ4v) is 2.29. The van der Waals surface area contributed by atoms with Gasteiger partial charge in [-0.3, -0.25) is 0 Å². The highest BCUT2D eigenvalue weighted by Gasteiger charge is 2.23. The third-order valence-corrected chi connectivity index (χ3v) is 3.20. The molecule has 0 saturated heterocycles. The van der Waals surface area contributed by atoms with Crippen molar-refractivity contribution in [3.8, 4) is 0 Å². The van der Waals surface area contributed by atoms with Crippen LogP contribution < -0.4 is 5.32 Å². The highest BCUT2D eigenvalue weighted by molar-refractivity contribution is 4.79. The molecule has 2 atom stereocenters. The van der Waals surface area contributed by atoms with Crippen LogP contribution in [0.1, 0.15) is 39.5 Å². The Labute approximate surface area is 81.7 Å². The number of rotatable bonds is 4. The summed E-state index contributed by atoms with van der Waals surface area (Å²) in [7, 11) is 0. The molecule has 1 rings (SSSR count). The van der Waals surface area contributed by atoms with E-state index in [-0.39, 0.29) is 6.61 Å². The van der Waals surface area contributed by atoms with Gasteiger partial charge in [-0.15, -0.1) is 0 Å². The van der Waals surface area contributed by atoms with Crippen LogP contribution in [0, 0.1) is 11.8 Å². The van der Waals surface area contributed by atoms with Crippen molar-refractivity contribution in [2.75, 3.05) is 13.2 Å². The largest absolute Gasteiger partial charge is 0.395 e. The molecule has 0 aromatic heterocycles. The maximum atomic E-state index is 8.71. The molecule has 0 aromatic rings. The Morgan fingerprint density at radius 1 is 1.38 bits per heavy atom. The minimum atomic E-state index is 0.267. The van der Waals surface area contributed by atoms with Gasteiger partial charge in [0, 0.05) is 12.6 Å². The van der Waals surface area contributed by atoms with Crippen molar-refractivity contribution in [3.63, 3.8) is 0 Å². The first-order valence-electron chi connectivity index (χ1n) is 5.58. The van der Waals surface area contributed by atoms with Gasteiger partial charge in [0.2, 0.25) is 0 Å². The van der Waals surface area contributed by atoms with Gasteiger partial charge in [0.1, 0.15) is 0 Å². The topological polar surface area (TPSA) is 32.3 Å². The number of aliphatic hydroxyl groups excluding tert-OH is 1. The lowest BCUT2D eigenvalue weighted by Crippen LogP contribution is -2.36. The Hall–Kier alpha value is -0.0800. The van der Waals surface area contributed by atoms with E-state index in [1.165, 1.54) is 25.7 Å². The zero-order chi connectivity index (χ0) is 9.68. The lowest BCUT2D eigenvalue weighted by Gasteiger charge is -2.32. The first-order chi connectivity index (χ1) is 6.24. The van der Waals surface area contributed by atoms with Crippen LogP contribution in [0.25, 0.3) is 0 Å². The van der Waals surface area contributed by atoms with Gasteiger partial charge in [-0.2, -0.15) is 0 Å². The molecule has 1 aliphatic rings. The second-order valence-electron chi connectivity index (χ2n) is 4.55. The molecule has 0 aromatic carbocycles. The van der Waals surface area contributed by atoms with Gasteiger partial charge in [0.05, 0.1) is 6.61 Å². The molecular formula is C11H23NO. The Morgan fingerprint density at radius 3 is 2.77 bits per heavy atom. The molecule has 0 heterocycles. The first-order valence-corrected chi connectivity index (χ1v) is 5.58. The van der Waals surface area contributed by atoms with Gasteiger partial charge >= 0.3 is 0 Å². The lowest BCUT2D eigenvalue weighted by atomic mass is 9.79. The quantitative estimate of drug-likeness (QED) is 0.700. The van der Waals surface area contributed by atoms with E-state index in [9.17, 15) is 0 Å². The maximum Gasteiger partial charge on any atom is 0.0556 e. The van der Waals surface area contributed by atoms with Crippen LogP contribution in [0.5, 0.6) is 0 Å². The average Bonchev–Trinajstić information content (AvgIpc) is 2.15. The maximum absolute atomic E-state index is 8.71. The zero-order valence-electron chi connectivity index (χ0n) is 8.92. The van der Waals surface area contributed by atoms with E-state index in [1.807, 2.05) is 0 Å². The van der Waals surface area contributed by atoms with Crippen molar-refractivity contribution in [3.05, 3.63) is 0 Å². The average molecular weight is 185 g/mol. The Morgan fingerprint density at radius 2 is 2.15 bits per heavy atom. The normalized spacial score (nSPS) is 29.5. The fourth-order valence-electron chi connectivity index (χ4n) is 2.29. The Kier molecular flexibility index (Phi) is 4.74. The molecule has 0 bridgehead atoms. The number of hydrogen-bond acceptors (Lipinski definition) is 2. The summed E-state index contributed by atoms with van der Waals surface area (Å²) in [5.41, 5.74) is 0. The van der Waals surface area contributed by atoms with Crippen LogP contribution in [-0.4, -0.2) is 24.3 Å². The van der Waals surface area contributed by atoms with Crippen LogP contribution in [0.2, 0.25) is 0 Å². The third kappa shape index (κ3) is 3.65. The van der Waals surface area contributed by atoms with Crippen molar-refractivity contribution >= 4 is 0 Å². The molecule has 13 heavy (non-hydrogen) atoms. The molecule has 2 heteroatoms. The number of aliphatic hydroxyl groups is 1. The zero-order valence-corrected chi connectivity index (χ0v) is 8.92. The summed E-state index contributed by atoms with van der Waals surface area (Å²) in [4.78, 5) is 0. The van der Waals surface area contributed by atoms with E-state index in [1.54, 1.807) is 0 Å². The Balaban J connectivity index is 2.25. The van der Waals surface area contributed by atoms with E-state index >= 15 is 0 Å². The number of nitrogens with one attached hydrogen (secondary N) is 1. The van der Waals surface area contributed by atoms with Crippen molar-refractivity contribution < 1.29 is 5.11 Å². The first kappa shape index (κ1) is 11.0.